The normalized spacial score (nSPS) is 23.2. The summed E-state index contributed by atoms with van der Waals surface area (Å²) in [4.78, 5) is 22.9. The van der Waals surface area contributed by atoms with Gasteiger partial charge in [0.1, 0.15) is 5.78 Å². The van der Waals surface area contributed by atoms with Crippen molar-refractivity contribution >= 4 is 11.8 Å². The lowest BCUT2D eigenvalue weighted by atomic mass is 9.88. The zero-order valence-electron chi connectivity index (χ0n) is 12.2. The first-order valence-electron chi connectivity index (χ1n) is 7.43. The van der Waals surface area contributed by atoms with Crippen molar-refractivity contribution < 1.29 is 14.3 Å². The van der Waals surface area contributed by atoms with Crippen LogP contribution in [0.25, 0.3) is 0 Å². The number of ketones is 1. The van der Waals surface area contributed by atoms with Crippen LogP contribution in [-0.4, -0.2) is 18.9 Å². The summed E-state index contributed by atoms with van der Waals surface area (Å²) in [6.45, 7) is 2.11. The van der Waals surface area contributed by atoms with Crippen LogP contribution in [0, 0.1) is 11.8 Å². The maximum atomic E-state index is 11.9. The van der Waals surface area contributed by atoms with Crippen molar-refractivity contribution in [3.8, 4) is 0 Å². The van der Waals surface area contributed by atoms with Gasteiger partial charge in [-0.05, 0) is 38.0 Å². The quantitative estimate of drug-likeness (QED) is 0.382. The molecule has 1 fully saturated rings. The fraction of sp³-hybridized carbons (Fsp3) is 0.750. The molecule has 1 aliphatic carbocycles. The van der Waals surface area contributed by atoms with Crippen LogP contribution in [0.2, 0.25) is 0 Å². The summed E-state index contributed by atoms with van der Waals surface area (Å²) >= 11 is 0. The number of esters is 1. The summed E-state index contributed by atoms with van der Waals surface area (Å²) < 4.78 is 4.62. The van der Waals surface area contributed by atoms with E-state index in [1.54, 1.807) is 0 Å². The molecule has 19 heavy (non-hydrogen) atoms. The third-order valence-electron chi connectivity index (χ3n) is 3.97. The molecule has 1 rings (SSSR count). The Kier molecular flexibility index (Phi) is 7.46. The Morgan fingerprint density at radius 2 is 2.16 bits per heavy atom. The highest BCUT2D eigenvalue weighted by molar-refractivity contribution is 5.83. The van der Waals surface area contributed by atoms with Gasteiger partial charge in [0, 0.05) is 18.8 Å². The summed E-state index contributed by atoms with van der Waals surface area (Å²) in [7, 11) is 1.42. The molecule has 0 N–H and O–H groups in total. The van der Waals surface area contributed by atoms with Crippen LogP contribution in [-0.2, 0) is 14.3 Å². The van der Waals surface area contributed by atoms with E-state index < -0.39 is 0 Å². The first kappa shape index (κ1) is 15.9. The van der Waals surface area contributed by atoms with Gasteiger partial charge in [-0.1, -0.05) is 25.5 Å². The second-order valence-electron chi connectivity index (χ2n) is 5.31. The van der Waals surface area contributed by atoms with E-state index in [0.29, 0.717) is 18.1 Å². The molecule has 0 unspecified atom stereocenters. The third-order valence-corrected chi connectivity index (χ3v) is 3.97. The number of carbonyl (C=O) groups is 2. The molecule has 2 atom stereocenters. The molecule has 3 heteroatoms. The number of methoxy groups -OCH3 is 1. The van der Waals surface area contributed by atoms with Gasteiger partial charge in [0.05, 0.1) is 7.11 Å². The Balaban J connectivity index is 2.29. The summed E-state index contributed by atoms with van der Waals surface area (Å²) in [5.41, 5.74) is 0. The van der Waals surface area contributed by atoms with Gasteiger partial charge in [-0.25, -0.2) is 0 Å². The maximum absolute atomic E-state index is 11.9. The standard InChI is InChI=1S/C16H26O3/c1-3-4-5-9-14-13(11-12-15(14)17)8-6-7-10-16(18)19-2/h4-5,13-14H,3,6-12H2,1-2H3/b5-4-/t13-,14+/m0/s1. The Hall–Kier alpha value is -1.12. The number of allylic oxidation sites excluding steroid dienone is 2. The molecule has 0 saturated heterocycles. The van der Waals surface area contributed by atoms with Crippen molar-refractivity contribution in [2.24, 2.45) is 11.8 Å². The van der Waals surface area contributed by atoms with Gasteiger partial charge in [-0.3, -0.25) is 9.59 Å². The van der Waals surface area contributed by atoms with E-state index in [1.165, 1.54) is 7.11 Å². The molecule has 0 aromatic carbocycles. The molecule has 0 spiro atoms. The fourth-order valence-corrected chi connectivity index (χ4v) is 2.83. The molecule has 0 amide bonds. The van der Waals surface area contributed by atoms with Gasteiger partial charge in [0.25, 0.3) is 0 Å². The van der Waals surface area contributed by atoms with Crippen molar-refractivity contribution in [1.82, 2.24) is 0 Å². The Bertz CT molecular complexity index is 320. The molecule has 0 aromatic heterocycles. The lowest BCUT2D eigenvalue weighted by Crippen LogP contribution is -2.14. The van der Waals surface area contributed by atoms with Crippen LogP contribution < -0.4 is 0 Å². The van der Waals surface area contributed by atoms with Gasteiger partial charge >= 0.3 is 5.97 Å². The van der Waals surface area contributed by atoms with Crippen molar-refractivity contribution in [3.05, 3.63) is 12.2 Å². The van der Waals surface area contributed by atoms with E-state index in [2.05, 4.69) is 23.8 Å². The predicted molar refractivity (Wildman–Crippen MR) is 75.8 cm³/mol. The van der Waals surface area contributed by atoms with Crippen LogP contribution in [0.5, 0.6) is 0 Å². The molecule has 3 nitrogen and oxygen atoms in total. The van der Waals surface area contributed by atoms with E-state index in [0.717, 1.165) is 44.9 Å². The zero-order chi connectivity index (χ0) is 14.1. The smallest absolute Gasteiger partial charge is 0.305 e. The summed E-state index contributed by atoms with van der Waals surface area (Å²) in [6.07, 6.45) is 11.4. The van der Waals surface area contributed by atoms with Gasteiger partial charge in [0.2, 0.25) is 0 Å². The molecular formula is C16H26O3. The lowest BCUT2D eigenvalue weighted by molar-refractivity contribution is -0.140. The molecule has 1 saturated carbocycles. The maximum Gasteiger partial charge on any atom is 0.305 e. The highest BCUT2D eigenvalue weighted by Gasteiger charge is 2.32. The molecule has 1 aliphatic rings. The monoisotopic (exact) mass is 266 g/mol. The molecule has 0 radical (unpaired) electrons. The molecule has 108 valence electrons. The molecular weight excluding hydrogens is 240 g/mol. The van der Waals surface area contributed by atoms with Crippen LogP contribution in [0.4, 0.5) is 0 Å². The Morgan fingerprint density at radius 3 is 2.84 bits per heavy atom. The number of Topliss-reactive ketones (excluding diaryl/α,β-unsaturated/α-hetero) is 1. The second kappa shape index (κ2) is 8.89. The highest BCUT2D eigenvalue weighted by atomic mass is 16.5. The molecule has 0 bridgehead atoms. The lowest BCUT2D eigenvalue weighted by Gasteiger charge is -2.16. The Labute approximate surface area is 116 Å². The number of rotatable bonds is 8. The van der Waals surface area contributed by atoms with Gasteiger partial charge < -0.3 is 4.74 Å². The first-order valence-corrected chi connectivity index (χ1v) is 7.43. The van der Waals surface area contributed by atoms with Crippen LogP contribution in [0.3, 0.4) is 0 Å². The predicted octanol–water partition coefficient (Wildman–Crippen LogP) is 3.67. The van der Waals surface area contributed by atoms with Gasteiger partial charge in [0.15, 0.2) is 0 Å². The van der Waals surface area contributed by atoms with Crippen molar-refractivity contribution in [2.45, 2.75) is 58.3 Å². The van der Waals surface area contributed by atoms with Gasteiger partial charge in [-0.15, -0.1) is 0 Å². The van der Waals surface area contributed by atoms with Crippen molar-refractivity contribution in [3.63, 3.8) is 0 Å². The summed E-state index contributed by atoms with van der Waals surface area (Å²) in [5.74, 6) is 1.04. The summed E-state index contributed by atoms with van der Waals surface area (Å²) in [6, 6.07) is 0. The molecule has 0 aromatic rings. The van der Waals surface area contributed by atoms with E-state index in [4.69, 9.17) is 0 Å². The summed E-state index contributed by atoms with van der Waals surface area (Å²) in [5, 5.41) is 0. The number of unbranched alkanes of at least 4 members (excludes halogenated alkanes) is 1. The first-order chi connectivity index (χ1) is 9.19. The number of carbonyl (C=O) groups excluding carboxylic acids is 2. The average molecular weight is 266 g/mol. The van der Waals surface area contributed by atoms with E-state index >= 15 is 0 Å². The second-order valence-corrected chi connectivity index (χ2v) is 5.31. The van der Waals surface area contributed by atoms with Gasteiger partial charge in [-0.2, -0.15) is 0 Å². The highest BCUT2D eigenvalue weighted by Crippen LogP contribution is 2.35. The minimum absolute atomic E-state index is 0.134. The topological polar surface area (TPSA) is 43.4 Å². The minimum Gasteiger partial charge on any atom is -0.469 e. The van der Waals surface area contributed by atoms with Crippen LogP contribution >= 0.6 is 0 Å². The third kappa shape index (κ3) is 5.58. The largest absolute Gasteiger partial charge is 0.469 e. The number of hydrogen-bond acceptors (Lipinski definition) is 3. The Morgan fingerprint density at radius 1 is 1.37 bits per heavy atom. The fourth-order valence-electron chi connectivity index (χ4n) is 2.83. The van der Waals surface area contributed by atoms with E-state index in [9.17, 15) is 9.59 Å². The van der Waals surface area contributed by atoms with Crippen LogP contribution in [0.15, 0.2) is 12.2 Å². The minimum atomic E-state index is -0.134. The van der Waals surface area contributed by atoms with Crippen molar-refractivity contribution in [2.75, 3.05) is 7.11 Å². The molecule has 0 aliphatic heterocycles. The molecule has 0 heterocycles. The van der Waals surface area contributed by atoms with E-state index in [-0.39, 0.29) is 11.9 Å². The number of ether oxygens (including phenoxy) is 1. The number of hydrogen-bond donors (Lipinski definition) is 0. The van der Waals surface area contributed by atoms with Crippen LogP contribution in [0.1, 0.15) is 58.3 Å². The van der Waals surface area contributed by atoms with E-state index in [1.807, 2.05) is 0 Å². The SMILES string of the molecule is CC/C=C\C[C@H]1C(=O)CC[C@@H]1CCCCC(=O)OC. The zero-order valence-corrected chi connectivity index (χ0v) is 12.2. The average Bonchev–Trinajstić information content (AvgIpc) is 2.76. The van der Waals surface area contributed by atoms with Crippen molar-refractivity contribution in [1.29, 1.82) is 0 Å².